The molecule has 0 unspecified atom stereocenters. The molecule has 0 aliphatic heterocycles. The van der Waals surface area contributed by atoms with Crippen LogP contribution in [0.1, 0.15) is 0 Å². The highest BCUT2D eigenvalue weighted by molar-refractivity contribution is 7.22. The fraction of sp³-hybridized carbons (Fsp3) is 0.0667. The van der Waals surface area contributed by atoms with Gasteiger partial charge in [0.1, 0.15) is 11.6 Å². The van der Waals surface area contributed by atoms with Gasteiger partial charge < -0.3 is 4.74 Å². The molecule has 0 spiro atoms. The van der Waals surface area contributed by atoms with E-state index in [-0.39, 0.29) is 5.82 Å². The lowest BCUT2D eigenvalue weighted by atomic mass is 10.1. The molecule has 3 rings (SSSR count). The molecule has 1 aromatic heterocycles. The topological polar surface area (TPSA) is 9.23 Å². The molecule has 90 valence electrons. The van der Waals surface area contributed by atoms with Crippen LogP contribution in [0, 0.1) is 5.82 Å². The Labute approximate surface area is 108 Å². The number of thiophene rings is 1. The Morgan fingerprint density at radius 1 is 1.00 bits per heavy atom. The van der Waals surface area contributed by atoms with Crippen molar-refractivity contribution in [2.24, 2.45) is 0 Å². The summed E-state index contributed by atoms with van der Waals surface area (Å²) >= 11 is 1.68. The molecular weight excluding hydrogens is 247 g/mol. The van der Waals surface area contributed by atoms with Crippen LogP contribution in [-0.2, 0) is 0 Å². The molecule has 1 heterocycles. The number of ether oxygens (including phenoxy) is 1. The summed E-state index contributed by atoms with van der Waals surface area (Å²) in [6.45, 7) is 0. The lowest BCUT2D eigenvalue weighted by Crippen LogP contribution is -1.79. The van der Waals surface area contributed by atoms with Crippen LogP contribution in [-0.4, -0.2) is 7.11 Å². The van der Waals surface area contributed by atoms with Crippen LogP contribution in [0.4, 0.5) is 4.39 Å². The standard InChI is InChI=1S/C15H11FOS/c1-17-13-7-4-11-8-14(18-15(11)9-13)10-2-5-12(16)6-3-10/h2-9H,1H3. The largest absolute Gasteiger partial charge is 0.497 e. The van der Waals surface area contributed by atoms with Gasteiger partial charge in [-0.15, -0.1) is 11.3 Å². The maximum absolute atomic E-state index is 12.9. The Morgan fingerprint density at radius 3 is 2.50 bits per heavy atom. The monoisotopic (exact) mass is 258 g/mol. The number of methoxy groups -OCH3 is 1. The second-order valence-corrected chi connectivity index (χ2v) is 5.11. The molecule has 0 atom stereocenters. The van der Waals surface area contributed by atoms with E-state index in [2.05, 4.69) is 6.07 Å². The van der Waals surface area contributed by atoms with Crippen LogP contribution in [0.5, 0.6) is 5.75 Å². The lowest BCUT2D eigenvalue weighted by molar-refractivity contribution is 0.415. The molecular formula is C15H11FOS. The summed E-state index contributed by atoms with van der Waals surface area (Å²) in [6.07, 6.45) is 0. The fourth-order valence-corrected chi connectivity index (χ4v) is 2.99. The minimum absolute atomic E-state index is 0.207. The van der Waals surface area contributed by atoms with Crippen LogP contribution in [0.2, 0.25) is 0 Å². The smallest absolute Gasteiger partial charge is 0.123 e. The van der Waals surface area contributed by atoms with Gasteiger partial charge in [0.05, 0.1) is 7.11 Å². The van der Waals surface area contributed by atoms with Crippen molar-refractivity contribution in [3.8, 4) is 16.2 Å². The van der Waals surface area contributed by atoms with Crippen molar-refractivity contribution in [2.75, 3.05) is 7.11 Å². The third-order valence-electron chi connectivity index (χ3n) is 2.86. The maximum atomic E-state index is 12.9. The quantitative estimate of drug-likeness (QED) is 0.646. The second kappa shape index (κ2) is 4.42. The number of halogens is 1. The number of fused-ring (bicyclic) bond motifs is 1. The van der Waals surface area contributed by atoms with E-state index in [1.807, 2.05) is 18.2 Å². The zero-order valence-electron chi connectivity index (χ0n) is 9.81. The molecule has 0 saturated heterocycles. The highest BCUT2D eigenvalue weighted by Crippen LogP contribution is 2.35. The van der Waals surface area contributed by atoms with E-state index in [1.54, 1.807) is 30.6 Å². The third-order valence-corrected chi connectivity index (χ3v) is 4.00. The molecule has 0 aliphatic rings. The van der Waals surface area contributed by atoms with Gasteiger partial charge in [-0.3, -0.25) is 0 Å². The average Bonchev–Trinajstić information content (AvgIpc) is 2.82. The summed E-state index contributed by atoms with van der Waals surface area (Å²) in [4.78, 5) is 1.14. The molecule has 3 aromatic rings. The van der Waals surface area contributed by atoms with Crippen molar-refractivity contribution in [1.29, 1.82) is 0 Å². The van der Waals surface area contributed by atoms with Gasteiger partial charge in [-0.25, -0.2) is 4.39 Å². The predicted molar refractivity (Wildman–Crippen MR) is 73.8 cm³/mol. The lowest BCUT2D eigenvalue weighted by Gasteiger charge is -1.97. The molecule has 18 heavy (non-hydrogen) atoms. The van der Waals surface area contributed by atoms with Crippen LogP contribution in [0.25, 0.3) is 20.5 Å². The van der Waals surface area contributed by atoms with E-state index in [1.165, 1.54) is 22.2 Å². The van der Waals surface area contributed by atoms with E-state index in [4.69, 9.17) is 4.74 Å². The van der Waals surface area contributed by atoms with E-state index in [0.29, 0.717) is 0 Å². The summed E-state index contributed by atoms with van der Waals surface area (Å²) in [5.41, 5.74) is 1.04. The Morgan fingerprint density at radius 2 is 1.78 bits per heavy atom. The molecule has 1 nitrogen and oxygen atoms in total. The van der Waals surface area contributed by atoms with Crippen molar-refractivity contribution >= 4 is 21.4 Å². The van der Waals surface area contributed by atoms with Crippen LogP contribution in [0.15, 0.2) is 48.5 Å². The maximum Gasteiger partial charge on any atom is 0.123 e. The molecule has 3 heteroatoms. The van der Waals surface area contributed by atoms with Gasteiger partial charge >= 0.3 is 0 Å². The number of rotatable bonds is 2. The summed E-state index contributed by atoms with van der Waals surface area (Å²) in [7, 11) is 1.66. The zero-order chi connectivity index (χ0) is 12.5. The minimum Gasteiger partial charge on any atom is -0.497 e. The Kier molecular flexibility index (Phi) is 2.76. The molecule has 0 saturated carbocycles. The average molecular weight is 258 g/mol. The van der Waals surface area contributed by atoms with E-state index in [0.717, 1.165) is 16.2 Å². The normalized spacial score (nSPS) is 10.8. The van der Waals surface area contributed by atoms with Gasteiger partial charge in [-0.05, 0) is 47.3 Å². The SMILES string of the molecule is COc1ccc2cc(-c3ccc(F)cc3)sc2c1. The predicted octanol–water partition coefficient (Wildman–Crippen LogP) is 4.72. The first-order valence-electron chi connectivity index (χ1n) is 5.60. The summed E-state index contributed by atoms with van der Waals surface area (Å²) < 4.78 is 19.3. The summed E-state index contributed by atoms with van der Waals surface area (Å²) in [6, 6.07) is 14.7. The van der Waals surface area contributed by atoms with Gasteiger partial charge in [0, 0.05) is 9.58 Å². The van der Waals surface area contributed by atoms with Crippen LogP contribution in [0.3, 0.4) is 0 Å². The summed E-state index contributed by atoms with van der Waals surface area (Å²) in [5, 5.41) is 1.18. The van der Waals surface area contributed by atoms with Crippen molar-refractivity contribution in [2.45, 2.75) is 0 Å². The molecule has 2 aromatic carbocycles. The highest BCUT2D eigenvalue weighted by atomic mass is 32.1. The highest BCUT2D eigenvalue weighted by Gasteiger charge is 2.05. The molecule has 0 fully saturated rings. The molecule has 0 aliphatic carbocycles. The van der Waals surface area contributed by atoms with E-state index in [9.17, 15) is 4.39 Å². The Balaban J connectivity index is 2.10. The number of hydrogen-bond donors (Lipinski definition) is 0. The van der Waals surface area contributed by atoms with Crippen molar-refractivity contribution < 1.29 is 9.13 Å². The molecule has 0 amide bonds. The van der Waals surface area contributed by atoms with Crippen LogP contribution >= 0.6 is 11.3 Å². The fourth-order valence-electron chi connectivity index (χ4n) is 1.89. The second-order valence-electron chi connectivity index (χ2n) is 4.02. The zero-order valence-corrected chi connectivity index (χ0v) is 10.6. The minimum atomic E-state index is -0.207. The first-order valence-corrected chi connectivity index (χ1v) is 6.41. The van der Waals surface area contributed by atoms with Gasteiger partial charge in [-0.2, -0.15) is 0 Å². The molecule has 0 bridgehead atoms. The van der Waals surface area contributed by atoms with Crippen LogP contribution < -0.4 is 4.74 Å². The van der Waals surface area contributed by atoms with E-state index < -0.39 is 0 Å². The first-order chi connectivity index (χ1) is 8.76. The van der Waals surface area contributed by atoms with Crippen molar-refractivity contribution in [3.05, 3.63) is 54.3 Å². The van der Waals surface area contributed by atoms with Crippen molar-refractivity contribution in [3.63, 3.8) is 0 Å². The number of benzene rings is 2. The van der Waals surface area contributed by atoms with Gasteiger partial charge in [-0.1, -0.05) is 12.1 Å². The first kappa shape index (κ1) is 11.2. The third kappa shape index (κ3) is 1.97. The molecule has 0 N–H and O–H groups in total. The van der Waals surface area contributed by atoms with Crippen molar-refractivity contribution in [1.82, 2.24) is 0 Å². The van der Waals surface area contributed by atoms with Gasteiger partial charge in [0.25, 0.3) is 0 Å². The number of hydrogen-bond acceptors (Lipinski definition) is 2. The Hall–Kier alpha value is -1.87. The Bertz CT molecular complexity index is 685. The molecule has 0 radical (unpaired) electrons. The van der Waals surface area contributed by atoms with E-state index >= 15 is 0 Å². The summed E-state index contributed by atoms with van der Waals surface area (Å²) in [5.74, 6) is 0.650. The van der Waals surface area contributed by atoms with Gasteiger partial charge in [0.15, 0.2) is 0 Å². The van der Waals surface area contributed by atoms with Gasteiger partial charge in [0.2, 0.25) is 0 Å².